The topological polar surface area (TPSA) is 81.4 Å². The Bertz CT molecular complexity index is 1620. The number of nitrogens with one attached hydrogen (secondary N) is 4. The number of piperidine rings is 1. The van der Waals surface area contributed by atoms with E-state index in [9.17, 15) is 0 Å². The minimum absolute atomic E-state index is 0.334. The number of aromatic nitrogens is 4. The van der Waals surface area contributed by atoms with Crippen molar-refractivity contribution in [1.29, 1.82) is 0 Å². The average molecular weight is 501 g/mol. The van der Waals surface area contributed by atoms with Gasteiger partial charge in [0.25, 0.3) is 0 Å². The fourth-order valence-corrected chi connectivity index (χ4v) is 6.41. The Kier molecular flexibility index (Phi) is 5.07. The first-order chi connectivity index (χ1) is 18.7. The first-order valence-corrected chi connectivity index (χ1v) is 13.9. The maximum atomic E-state index is 4.69. The monoisotopic (exact) mass is 500 g/mol. The van der Waals surface area contributed by atoms with E-state index in [4.69, 9.17) is 0 Å². The number of H-pyrrole nitrogens is 2. The Morgan fingerprint density at radius 3 is 1.97 bits per heavy atom. The molecule has 8 rings (SSSR count). The van der Waals surface area contributed by atoms with Crippen molar-refractivity contribution in [2.24, 2.45) is 11.8 Å². The maximum absolute atomic E-state index is 4.69. The van der Waals surface area contributed by atoms with Crippen molar-refractivity contribution in [2.75, 3.05) is 6.54 Å². The molecule has 1 saturated carbocycles. The zero-order chi connectivity index (χ0) is 25.2. The van der Waals surface area contributed by atoms with E-state index < -0.39 is 0 Å². The first-order valence-electron chi connectivity index (χ1n) is 13.9. The lowest BCUT2D eigenvalue weighted by molar-refractivity contribution is 0.543. The van der Waals surface area contributed by atoms with Gasteiger partial charge >= 0.3 is 0 Å². The van der Waals surface area contributed by atoms with Crippen molar-refractivity contribution < 1.29 is 0 Å². The zero-order valence-corrected chi connectivity index (χ0v) is 21.5. The molecule has 6 heteroatoms. The van der Waals surface area contributed by atoms with Gasteiger partial charge in [0.05, 0.1) is 35.9 Å². The summed E-state index contributed by atoms with van der Waals surface area (Å²) in [7, 11) is 0. The molecule has 5 atom stereocenters. The predicted molar refractivity (Wildman–Crippen MR) is 151 cm³/mol. The zero-order valence-electron chi connectivity index (χ0n) is 21.5. The summed E-state index contributed by atoms with van der Waals surface area (Å²) in [6.45, 7) is 3.35. The molecule has 6 nitrogen and oxygen atoms in total. The number of nitrogens with zero attached hydrogens (tertiary/aromatic N) is 2. The standard InChI is InChI=1S/C32H32N6/c1-18-10-27(33-15-18)31-34-16-29(37-31)20-4-2-19(3-5-20)21-6-7-23-12-24(9-8-22(23)11-21)30-17-35-32(38-30)28-14-25-13-26(25)36-28/h2-9,11-12,16-18,25-28,33,36H,10,13-15H2,1H3,(H,34,37)(H,35,38)/t18?,25?,26?,27-,28-/m0/s1. The molecule has 3 fully saturated rings. The summed E-state index contributed by atoms with van der Waals surface area (Å²) in [4.78, 5) is 16.4. The highest BCUT2D eigenvalue weighted by atomic mass is 15.1. The molecule has 190 valence electrons. The fraction of sp³-hybridized carbons (Fsp3) is 0.312. The van der Waals surface area contributed by atoms with Crippen LogP contribution in [0.15, 0.2) is 73.1 Å². The molecule has 4 N–H and O–H groups in total. The quantitative estimate of drug-likeness (QED) is 0.226. The van der Waals surface area contributed by atoms with Crippen LogP contribution in [0.1, 0.15) is 49.9 Å². The number of hydrogen-bond acceptors (Lipinski definition) is 4. The Morgan fingerprint density at radius 2 is 1.29 bits per heavy atom. The van der Waals surface area contributed by atoms with Crippen molar-refractivity contribution in [3.8, 4) is 33.6 Å². The van der Waals surface area contributed by atoms with Crippen LogP contribution in [0.3, 0.4) is 0 Å². The van der Waals surface area contributed by atoms with Gasteiger partial charge in [0, 0.05) is 11.6 Å². The van der Waals surface area contributed by atoms with Crippen molar-refractivity contribution >= 4 is 10.8 Å². The van der Waals surface area contributed by atoms with Crippen LogP contribution in [0, 0.1) is 11.8 Å². The van der Waals surface area contributed by atoms with E-state index in [1.165, 1.54) is 40.3 Å². The van der Waals surface area contributed by atoms with E-state index in [2.05, 4.69) is 98.2 Å². The molecule has 0 spiro atoms. The second-order valence-electron chi connectivity index (χ2n) is 11.6. The Balaban J connectivity index is 1.01. The number of aromatic amines is 2. The molecule has 0 radical (unpaired) electrons. The number of rotatable bonds is 5. The molecular formula is C32H32N6. The Hall–Kier alpha value is -3.74. The highest BCUT2D eigenvalue weighted by molar-refractivity contribution is 5.90. The van der Waals surface area contributed by atoms with Crippen LogP contribution < -0.4 is 10.6 Å². The SMILES string of the molecule is CC1CN[C@H](c2ncc(-c3ccc(-c4ccc5cc(-c6cnc([C@@H]7CC8CC8N7)[nH]6)ccc5c4)cc3)[nH]2)C1. The third kappa shape index (κ3) is 3.96. The summed E-state index contributed by atoms with van der Waals surface area (Å²) in [6, 6.07) is 23.6. The largest absolute Gasteiger partial charge is 0.341 e. The molecule has 2 aromatic heterocycles. The fourth-order valence-electron chi connectivity index (χ4n) is 6.41. The average Bonchev–Trinajstić information content (AvgIpc) is 3.52. The lowest BCUT2D eigenvalue weighted by Gasteiger charge is -2.09. The van der Waals surface area contributed by atoms with Crippen LogP contribution in [-0.4, -0.2) is 32.5 Å². The minimum Gasteiger partial charge on any atom is -0.341 e. The maximum Gasteiger partial charge on any atom is 0.123 e. The Morgan fingerprint density at radius 1 is 0.658 bits per heavy atom. The van der Waals surface area contributed by atoms with Gasteiger partial charge in [-0.2, -0.15) is 0 Å². The lowest BCUT2D eigenvalue weighted by atomic mass is 9.98. The molecule has 38 heavy (non-hydrogen) atoms. The summed E-state index contributed by atoms with van der Waals surface area (Å²) in [5.41, 5.74) is 6.93. The van der Waals surface area contributed by atoms with Gasteiger partial charge in [-0.25, -0.2) is 9.97 Å². The van der Waals surface area contributed by atoms with E-state index in [1.54, 1.807) is 0 Å². The van der Waals surface area contributed by atoms with Gasteiger partial charge in [0.1, 0.15) is 11.6 Å². The van der Waals surface area contributed by atoms with E-state index >= 15 is 0 Å². The molecule has 1 aliphatic carbocycles. The normalized spacial score (nSPS) is 26.2. The molecule has 3 aliphatic rings. The summed E-state index contributed by atoms with van der Waals surface area (Å²) < 4.78 is 0. The molecule has 0 bridgehead atoms. The summed E-state index contributed by atoms with van der Waals surface area (Å²) in [5.74, 6) is 3.67. The van der Waals surface area contributed by atoms with Crippen LogP contribution in [0.25, 0.3) is 44.4 Å². The van der Waals surface area contributed by atoms with E-state index in [1.807, 2.05) is 12.4 Å². The molecule has 4 heterocycles. The molecular weight excluding hydrogens is 468 g/mol. The van der Waals surface area contributed by atoms with Gasteiger partial charge in [-0.05, 0) is 77.2 Å². The van der Waals surface area contributed by atoms with Crippen molar-refractivity contribution in [3.63, 3.8) is 0 Å². The van der Waals surface area contributed by atoms with Gasteiger partial charge in [-0.3, -0.25) is 0 Å². The third-order valence-electron chi connectivity index (χ3n) is 8.76. The number of fused-ring (bicyclic) bond motifs is 2. The predicted octanol–water partition coefficient (Wildman–Crippen LogP) is 6.38. The number of imidazole rings is 2. The molecule has 5 aromatic rings. The van der Waals surface area contributed by atoms with E-state index in [0.29, 0.717) is 18.0 Å². The molecule has 2 aliphatic heterocycles. The number of benzene rings is 3. The summed E-state index contributed by atoms with van der Waals surface area (Å²) >= 11 is 0. The third-order valence-corrected chi connectivity index (χ3v) is 8.76. The second-order valence-corrected chi connectivity index (χ2v) is 11.6. The van der Waals surface area contributed by atoms with Gasteiger partial charge in [-0.15, -0.1) is 0 Å². The van der Waals surface area contributed by atoms with Gasteiger partial charge in [0.15, 0.2) is 0 Å². The van der Waals surface area contributed by atoms with Crippen LogP contribution in [0.4, 0.5) is 0 Å². The van der Waals surface area contributed by atoms with Crippen molar-refractivity contribution in [2.45, 2.75) is 44.3 Å². The van der Waals surface area contributed by atoms with Crippen LogP contribution in [0.2, 0.25) is 0 Å². The van der Waals surface area contributed by atoms with E-state index in [0.717, 1.165) is 53.5 Å². The minimum atomic E-state index is 0.334. The molecule has 3 unspecified atom stereocenters. The lowest BCUT2D eigenvalue weighted by Crippen LogP contribution is -2.18. The molecule has 3 aromatic carbocycles. The smallest absolute Gasteiger partial charge is 0.123 e. The summed E-state index contributed by atoms with van der Waals surface area (Å²) in [5, 5.41) is 9.72. The molecule has 0 amide bonds. The second kappa shape index (κ2) is 8.65. The van der Waals surface area contributed by atoms with Crippen molar-refractivity contribution in [3.05, 3.63) is 84.7 Å². The van der Waals surface area contributed by atoms with Gasteiger partial charge < -0.3 is 20.6 Å². The first kappa shape index (κ1) is 22.3. The molecule has 2 saturated heterocycles. The highest BCUT2D eigenvalue weighted by Gasteiger charge is 2.46. The van der Waals surface area contributed by atoms with Crippen molar-refractivity contribution in [1.82, 2.24) is 30.6 Å². The van der Waals surface area contributed by atoms with Crippen LogP contribution >= 0.6 is 0 Å². The highest BCUT2D eigenvalue weighted by Crippen LogP contribution is 2.45. The van der Waals surface area contributed by atoms with Crippen LogP contribution in [-0.2, 0) is 0 Å². The summed E-state index contributed by atoms with van der Waals surface area (Å²) in [6.07, 6.45) is 7.61. The number of hydrogen-bond donors (Lipinski definition) is 4. The van der Waals surface area contributed by atoms with E-state index in [-0.39, 0.29) is 0 Å². The van der Waals surface area contributed by atoms with Gasteiger partial charge in [-0.1, -0.05) is 55.5 Å². The Labute approximate surface area is 222 Å². The van der Waals surface area contributed by atoms with Gasteiger partial charge in [0.2, 0.25) is 0 Å². The van der Waals surface area contributed by atoms with Crippen LogP contribution in [0.5, 0.6) is 0 Å².